The average Bonchev–Trinajstić information content (AvgIpc) is 3.19. The van der Waals surface area contributed by atoms with Crippen molar-refractivity contribution in [3.8, 4) is 55.6 Å². The summed E-state index contributed by atoms with van der Waals surface area (Å²) in [5.74, 6) is 0. The number of benzene rings is 6. The summed E-state index contributed by atoms with van der Waals surface area (Å²) in [5.41, 5.74) is 28.7. The first-order valence-corrected chi connectivity index (χ1v) is 27.4. The Kier molecular flexibility index (Phi) is 14.6. The molecule has 6 rings (SSSR count). The number of rotatable bonds is 5. The van der Waals surface area contributed by atoms with Gasteiger partial charge in [0.2, 0.25) is 0 Å². The van der Waals surface area contributed by atoms with E-state index in [-0.39, 0.29) is 43.3 Å². The Hall–Kier alpha value is -4.68. The van der Waals surface area contributed by atoms with Crippen molar-refractivity contribution in [2.24, 2.45) is 0 Å². The highest BCUT2D eigenvalue weighted by atomic mass is 14.4. The average molecular weight is 964 g/mol. The van der Waals surface area contributed by atoms with Crippen LogP contribution in [0, 0.1) is 27.7 Å². The maximum absolute atomic E-state index is 2.65. The zero-order valence-corrected chi connectivity index (χ0v) is 51.1. The smallest absolute Gasteiger partial charge is 0.00110 e. The summed E-state index contributed by atoms with van der Waals surface area (Å²) in [4.78, 5) is 0. The third-order valence-electron chi connectivity index (χ3n) is 15.4. The quantitative estimate of drug-likeness (QED) is 0.162. The molecule has 0 heterocycles. The minimum atomic E-state index is -0.195. The van der Waals surface area contributed by atoms with Crippen LogP contribution in [0.4, 0.5) is 0 Å². The maximum atomic E-state index is 2.65. The summed E-state index contributed by atoms with van der Waals surface area (Å²) in [6.07, 6.45) is 0. The fourth-order valence-electron chi connectivity index (χ4n) is 12.0. The van der Waals surface area contributed by atoms with Gasteiger partial charge in [-0.05, 0) is 199 Å². The van der Waals surface area contributed by atoms with Crippen molar-refractivity contribution >= 4 is 0 Å². The van der Waals surface area contributed by atoms with Crippen LogP contribution in [-0.2, 0) is 43.3 Å². The van der Waals surface area contributed by atoms with Gasteiger partial charge in [-0.15, -0.1) is 0 Å². The Morgan fingerprint density at radius 2 is 0.444 bits per heavy atom. The van der Waals surface area contributed by atoms with Gasteiger partial charge in [-0.2, -0.15) is 0 Å². The van der Waals surface area contributed by atoms with Crippen molar-refractivity contribution in [3.05, 3.63) is 152 Å². The zero-order valence-electron chi connectivity index (χ0n) is 51.1. The molecule has 0 N–H and O–H groups in total. The van der Waals surface area contributed by atoms with Crippen molar-refractivity contribution in [1.82, 2.24) is 0 Å². The summed E-state index contributed by atoms with van der Waals surface area (Å²) < 4.78 is 0. The Morgan fingerprint density at radius 3 is 0.722 bits per heavy atom. The first-order chi connectivity index (χ1) is 32.5. The molecule has 72 heavy (non-hydrogen) atoms. The molecule has 0 spiro atoms. The van der Waals surface area contributed by atoms with Gasteiger partial charge in [0.1, 0.15) is 0 Å². The number of aryl methyl sites for hydroxylation is 4. The fraction of sp³-hybridized carbons (Fsp3) is 0.500. The van der Waals surface area contributed by atoms with E-state index in [9.17, 15) is 0 Å². The molecule has 0 unspecified atom stereocenters. The lowest BCUT2D eigenvalue weighted by molar-refractivity contribution is 0.565. The van der Waals surface area contributed by atoms with Crippen LogP contribution in [0.25, 0.3) is 55.6 Å². The Labute approximate surface area is 442 Å². The van der Waals surface area contributed by atoms with Gasteiger partial charge < -0.3 is 0 Å². The lowest BCUT2D eigenvalue weighted by atomic mass is 9.67. The van der Waals surface area contributed by atoms with Crippen LogP contribution in [0.2, 0.25) is 0 Å². The summed E-state index contributed by atoms with van der Waals surface area (Å²) in [6, 6.07) is 34.8. The molecule has 0 aliphatic rings. The van der Waals surface area contributed by atoms with Crippen LogP contribution in [0.5, 0.6) is 0 Å². The Morgan fingerprint density at radius 1 is 0.208 bits per heavy atom. The molecule has 6 aromatic rings. The van der Waals surface area contributed by atoms with Crippen LogP contribution in [-0.4, -0.2) is 0 Å². The molecule has 0 saturated heterocycles. The molecule has 0 bridgehead atoms. The normalized spacial score (nSPS) is 13.6. The van der Waals surface area contributed by atoms with Gasteiger partial charge in [0, 0.05) is 0 Å². The van der Waals surface area contributed by atoms with E-state index in [1.54, 1.807) is 0 Å². The standard InChI is InChI=1S/C72H98/c1-43-34-49(58(69(17,18)19)39-54(43)65(5,6)7)50-38-48(47-32-30-29-31-33-47)62(51-35-44(2)55(66(8,9)10)40-59(51)70(20,21)22)64(53-37-46(4)57(68(14,15)16)42-61(53)72(26,27)28)63(50)52-36-45(3)56(67(11,12)13)41-60(52)71(23,24)25/h29-42H,1-28H3. The van der Waals surface area contributed by atoms with Gasteiger partial charge in [-0.25, -0.2) is 0 Å². The van der Waals surface area contributed by atoms with Gasteiger partial charge in [0.05, 0.1) is 0 Å². The van der Waals surface area contributed by atoms with Crippen molar-refractivity contribution in [3.63, 3.8) is 0 Å². The van der Waals surface area contributed by atoms with Crippen molar-refractivity contribution in [2.45, 2.75) is 237 Å². The minimum Gasteiger partial charge on any atom is -0.0622 e. The van der Waals surface area contributed by atoms with Gasteiger partial charge >= 0.3 is 0 Å². The predicted molar refractivity (Wildman–Crippen MR) is 322 cm³/mol. The molecular formula is C72H98. The second kappa shape index (κ2) is 18.6. The molecule has 0 heteroatoms. The third kappa shape index (κ3) is 11.2. The Balaban J connectivity index is 2.19. The van der Waals surface area contributed by atoms with E-state index in [0.717, 1.165) is 0 Å². The zero-order chi connectivity index (χ0) is 54.6. The van der Waals surface area contributed by atoms with Crippen LogP contribution >= 0.6 is 0 Å². The van der Waals surface area contributed by atoms with Crippen LogP contribution < -0.4 is 0 Å². The minimum absolute atomic E-state index is 0.0245. The SMILES string of the molecule is Cc1cc(-c2cc(-c3ccccc3)c(-c3cc(C)c(C(C)(C)C)cc3C(C)(C)C)c(-c3cc(C)c(C(C)(C)C)cc3C(C)(C)C)c2-c2cc(C)c(C(C)(C)C)cc2C(C)(C)C)c(C(C)(C)C)cc1C(C)(C)C. The molecule has 0 fully saturated rings. The largest absolute Gasteiger partial charge is 0.0622 e. The van der Waals surface area contributed by atoms with Crippen LogP contribution in [0.3, 0.4) is 0 Å². The molecule has 0 nitrogen and oxygen atoms in total. The molecule has 386 valence electrons. The fourth-order valence-corrected chi connectivity index (χ4v) is 12.0. The molecule has 0 atom stereocenters. The summed E-state index contributed by atoms with van der Waals surface area (Å²) >= 11 is 0. The molecular weight excluding hydrogens is 865 g/mol. The predicted octanol–water partition coefficient (Wildman–Crippen LogP) is 21.6. The van der Waals surface area contributed by atoms with E-state index in [4.69, 9.17) is 0 Å². The maximum Gasteiger partial charge on any atom is -0.00110 e. The molecule has 0 aromatic heterocycles. The molecule has 0 radical (unpaired) electrons. The second-order valence-electron chi connectivity index (χ2n) is 30.3. The third-order valence-corrected chi connectivity index (χ3v) is 15.4. The molecule has 0 saturated carbocycles. The highest BCUT2D eigenvalue weighted by molar-refractivity contribution is 6.10. The van der Waals surface area contributed by atoms with Gasteiger partial charge in [0.15, 0.2) is 0 Å². The number of hydrogen-bond donors (Lipinski definition) is 0. The molecule has 0 aliphatic carbocycles. The lowest BCUT2D eigenvalue weighted by Crippen LogP contribution is -2.21. The highest BCUT2D eigenvalue weighted by Gasteiger charge is 2.37. The van der Waals surface area contributed by atoms with E-state index in [2.05, 4.69) is 279 Å². The van der Waals surface area contributed by atoms with Gasteiger partial charge in [-0.3, -0.25) is 0 Å². The van der Waals surface area contributed by atoms with Gasteiger partial charge in [-0.1, -0.05) is 245 Å². The van der Waals surface area contributed by atoms with E-state index < -0.39 is 0 Å². The molecule has 0 amide bonds. The second-order valence-corrected chi connectivity index (χ2v) is 30.3. The number of hydrogen-bond acceptors (Lipinski definition) is 0. The highest BCUT2D eigenvalue weighted by Crippen LogP contribution is 2.57. The van der Waals surface area contributed by atoms with E-state index in [1.807, 2.05) is 0 Å². The van der Waals surface area contributed by atoms with Crippen molar-refractivity contribution in [1.29, 1.82) is 0 Å². The van der Waals surface area contributed by atoms with E-state index in [1.165, 1.54) is 122 Å². The Bertz CT molecular complexity index is 3010. The monoisotopic (exact) mass is 963 g/mol. The van der Waals surface area contributed by atoms with Crippen LogP contribution in [0.1, 0.15) is 233 Å². The van der Waals surface area contributed by atoms with Crippen molar-refractivity contribution in [2.75, 3.05) is 0 Å². The van der Waals surface area contributed by atoms with E-state index in [0.29, 0.717) is 0 Å². The topological polar surface area (TPSA) is 0 Å². The van der Waals surface area contributed by atoms with Crippen molar-refractivity contribution < 1.29 is 0 Å². The van der Waals surface area contributed by atoms with E-state index >= 15 is 0 Å². The molecule has 0 aliphatic heterocycles. The first kappa shape index (κ1) is 56.6. The summed E-state index contributed by atoms with van der Waals surface area (Å²) in [6.45, 7) is 67.2. The van der Waals surface area contributed by atoms with Crippen LogP contribution in [0.15, 0.2) is 84.9 Å². The molecule has 6 aromatic carbocycles. The summed E-state index contributed by atoms with van der Waals surface area (Å²) in [5, 5.41) is 0. The lowest BCUT2D eigenvalue weighted by Gasteiger charge is -2.36. The summed E-state index contributed by atoms with van der Waals surface area (Å²) in [7, 11) is 0. The van der Waals surface area contributed by atoms with Gasteiger partial charge in [0.25, 0.3) is 0 Å². The first-order valence-electron chi connectivity index (χ1n) is 27.4.